The molecule has 3 aromatic rings. The Kier molecular flexibility index (Phi) is 3.05. The third kappa shape index (κ3) is 2.37. The van der Waals surface area contributed by atoms with Crippen molar-refractivity contribution in [2.24, 2.45) is 0 Å². The Morgan fingerprint density at radius 2 is 1.95 bits per heavy atom. The minimum atomic E-state index is 0.499. The van der Waals surface area contributed by atoms with E-state index in [0.29, 0.717) is 17.2 Å². The number of para-hydroxylation sites is 1. The van der Waals surface area contributed by atoms with Gasteiger partial charge in [0.25, 0.3) is 0 Å². The molecule has 0 saturated heterocycles. The number of halogens is 1. The standard InChI is InChI=1S/C14H10BrN3O/c15-9-5-10(7-17-6-9)19-14-11-3-1-2-4-13(11)18-8-12(14)16/h1-8H,16H2. The molecule has 19 heavy (non-hydrogen) atoms. The fourth-order valence-electron chi connectivity index (χ4n) is 1.81. The fourth-order valence-corrected chi connectivity index (χ4v) is 2.16. The molecule has 0 aliphatic heterocycles. The van der Waals surface area contributed by atoms with Crippen LogP contribution >= 0.6 is 15.9 Å². The molecule has 2 N–H and O–H groups in total. The van der Waals surface area contributed by atoms with E-state index in [4.69, 9.17) is 10.5 Å². The number of hydrogen-bond acceptors (Lipinski definition) is 4. The molecule has 94 valence electrons. The van der Waals surface area contributed by atoms with Crippen LogP contribution < -0.4 is 10.5 Å². The Balaban J connectivity index is 2.12. The molecule has 0 unspecified atom stereocenters. The van der Waals surface area contributed by atoms with Crippen LogP contribution in [0.25, 0.3) is 10.9 Å². The van der Waals surface area contributed by atoms with Crippen LogP contribution in [0.2, 0.25) is 0 Å². The summed E-state index contributed by atoms with van der Waals surface area (Å²) in [5.41, 5.74) is 7.29. The van der Waals surface area contributed by atoms with Crippen molar-refractivity contribution in [1.82, 2.24) is 9.97 Å². The number of pyridine rings is 2. The zero-order valence-corrected chi connectivity index (χ0v) is 11.5. The summed E-state index contributed by atoms with van der Waals surface area (Å²) in [4.78, 5) is 8.33. The van der Waals surface area contributed by atoms with E-state index in [1.165, 1.54) is 0 Å². The third-order valence-corrected chi connectivity index (χ3v) is 3.09. The number of aromatic nitrogens is 2. The first-order chi connectivity index (χ1) is 9.24. The van der Waals surface area contributed by atoms with Gasteiger partial charge in [0, 0.05) is 16.1 Å². The lowest BCUT2D eigenvalue weighted by Gasteiger charge is -2.10. The van der Waals surface area contributed by atoms with Crippen LogP contribution in [0.5, 0.6) is 11.5 Å². The highest BCUT2D eigenvalue weighted by Crippen LogP contribution is 2.34. The first kappa shape index (κ1) is 11.9. The lowest BCUT2D eigenvalue weighted by molar-refractivity contribution is 0.487. The Morgan fingerprint density at radius 1 is 1.11 bits per heavy atom. The minimum Gasteiger partial charge on any atom is -0.453 e. The van der Waals surface area contributed by atoms with E-state index in [1.807, 2.05) is 30.3 Å². The second-order valence-electron chi connectivity index (χ2n) is 4.00. The van der Waals surface area contributed by atoms with Gasteiger partial charge < -0.3 is 10.5 Å². The summed E-state index contributed by atoms with van der Waals surface area (Å²) >= 11 is 3.36. The topological polar surface area (TPSA) is 61.0 Å². The van der Waals surface area contributed by atoms with Crippen LogP contribution in [0.1, 0.15) is 0 Å². The summed E-state index contributed by atoms with van der Waals surface area (Å²) in [6.45, 7) is 0. The predicted molar refractivity (Wildman–Crippen MR) is 78.2 cm³/mol. The van der Waals surface area contributed by atoms with Crippen molar-refractivity contribution in [3.63, 3.8) is 0 Å². The summed E-state index contributed by atoms with van der Waals surface area (Å²) in [6, 6.07) is 9.54. The highest BCUT2D eigenvalue weighted by atomic mass is 79.9. The van der Waals surface area contributed by atoms with Gasteiger partial charge in [-0.25, -0.2) is 0 Å². The Morgan fingerprint density at radius 3 is 2.79 bits per heavy atom. The van der Waals surface area contributed by atoms with Crippen LogP contribution in [0, 0.1) is 0 Å². The Bertz CT molecular complexity index is 746. The maximum absolute atomic E-state index is 5.95. The smallest absolute Gasteiger partial charge is 0.161 e. The average Bonchev–Trinajstić information content (AvgIpc) is 2.42. The van der Waals surface area contributed by atoms with E-state index >= 15 is 0 Å². The first-order valence-corrected chi connectivity index (χ1v) is 6.45. The quantitative estimate of drug-likeness (QED) is 0.782. The predicted octanol–water partition coefficient (Wildman–Crippen LogP) is 3.77. The molecule has 0 aliphatic carbocycles. The van der Waals surface area contributed by atoms with Crippen molar-refractivity contribution in [2.45, 2.75) is 0 Å². The van der Waals surface area contributed by atoms with Crippen LogP contribution in [-0.2, 0) is 0 Å². The number of ether oxygens (including phenoxy) is 1. The average molecular weight is 316 g/mol. The largest absolute Gasteiger partial charge is 0.453 e. The number of nitrogens with zero attached hydrogens (tertiary/aromatic N) is 2. The van der Waals surface area contributed by atoms with Crippen molar-refractivity contribution < 1.29 is 4.74 Å². The summed E-state index contributed by atoms with van der Waals surface area (Å²) < 4.78 is 6.69. The van der Waals surface area contributed by atoms with Gasteiger partial charge >= 0.3 is 0 Å². The molecule has 3 rings (SSSR count). The van der Waals surface area contributed by atoms with Crippen LogP contribution in [-0.4, -0.2) is 9.97 Å². The maximum Gasteiger partial charge on any atom is 0.161 e. The lowest BCUT2D eigenvalue weighted by atomic mass is 10.2. The van der Waals surface area contributed by atoms with Gasteiger partial charge in [0.1, 0.15) is 5.75 Å². The van der Waals surface area contributed by atoms with E-state index in [1.54, 1.807) is 18.6 Å². The zero-order valence-electron chi connectivity index (χ0n) is 9.88. The van der Waals surface area contributed by atoms with E-state index in [2.05, 4.69) is 25.9 Å². The van der Waals surface area contributed by atoms with Gasteiger partial charge in [-0.15, -0.1) is 0 Å². The molecular weight excluding hydrogens is 306 g/mol. The maximum atomic E-state index is 5.95. The van der Waals surface area contributed by atoms with Gasteiger partial charge in [-0.1, -0.05) is 12.1 Å². The number of rotatable bonds is 2. The Hall–Kier alpha value is -2.14. The van der Waals surface area contributed by atoms with Gasteiger partial charge in [-0.3, -0.25) is 9.97 Å². The second kappa shape index (κ2) is 4.85. The van der Waals surface area contributed by atoms with Crippen LogP contribution in [0.4, 0.5) is 5.69 Å². The number of nitrogens with two attached hydrogens (primary N) is 1. The fraction of sp³-hybridized carbons (Fsp3) is 0. The number of hydrogen-bond donors (Lipinski definition) is 1. The molecule has 0 atom stereocenters. The molecule has 4 nitrogen and oxygen atoms in total. The molecule has 0 radical (unpaired) electrons. The SMILES string of the molecule is Nc1cnc2ccccc2c1Oc1cncc(Br)c1. The molecular formula is C14H10BrN3O. The molecule has 1 aromatic carbocycles. The number of nitrogen functional groups attached to an aromatic ring is 1. The van der Waals surface area contributed by atoms with Gasteiger partial charge in [0.05, 0.1) is 23.6 Å². The van der Waals surface area contributed by atoms with Gasteiger partial charge in [-0.2, -0.15) is 0 Å². The van der Waals surface area contributed by atoms with E-state index in [0.717, 1.165) is 15.4 Å². The van der Waals surface area contributed by atoms with Gasteiger partial charge in [0.2, 0.25) is 0 Å². The Labute approximate surface area is 118 Å². The minimum absolute atomic E-state index is 0.499. The van der Waals surface area contributed by atoms with E-state index in [9.17, 15) is 0 Å². The molecule has 0 amide bonds. The second-order valence-corrected chi connectivity index (χ2v) is 4.92. The summed E-state index contributed by atoms with van der Waals surface area (Å²) in [6.07, 6.45) is 4.93. The molecule has 0 fully saturated rings. The molecule has 2 aromatic heterocycles. The van der Waals surface area contributed by atoms with Crippen molar-refractivity contribution in [3.8, 4) is 11.5 Å². The molecule has 0 bridgehead atoms. The monoisotopic (exact) mass is 315 g/mol. The van der Waals surface area contributed by atoms with Gasteiger partial charge in [0.15, 0.2) is 5.75 Å². The molecule has 5 heteroatoms. The number of fused-ring (bicyclic) bond motifs is 1. The molecule has 2 heterocycles. The summed E-state index contributed by atoms with van der Waals surface area (Å²) in [5, 5.41) is 0.877. The zero-order chi connectivity index (χ0) is 13.2. The van der Waals surface area contributed by atoms with Gasteiger partial charge in [-0.05, 0) is 34.1 Å². The first-order valence-electron chi connectivity index (χ1n) is 5.65. The third-order valence-electron chi connectivity index (χ3n) is 2.65. The summed E-state index contributed by atoms with van der Waals surface area (Å²) in [5.74, 6) is 1.22. The van der Waals surface area contributed by atoms with Crippen LogP contribution in [0.15, 0.2) is 53.4 Å². The number of benzene rings is 1. The normalized spacial score (nSPS) is 10.6. The lowest BCUT2D eigenvalue weighted by Crippen LogP contribution is -1.95. The van der Waals surface area contributed by atoms with Crippen molar-refractivity contribution in [2.75, 3.05) is 5.73 Å². The van der Waals surface area contributed by atoms with Crippen LogP contribution in [0.3, 0.4) is 0 Å². The highest BCUT2D eigenvalue weighted by molar-refractivity contribution is 9.10. The van der Waals surface area contributed by atoms with Crippen molar-refractivity contribution in [3.05, 3.63) is 53.4 Å². The molecule has 0 aliphatic rings. The summed E-state index contributed by atoms with van der Waals surface area (Å²) in [7, 11) is 0. The molecule has 0 saturated carbocycles. The van der Waals surface area contributed by atoms with E-state index < -0.39 is 0 Å². The highest BCUT2D eigenvalue weighted by Gasteiger charge is 2.09. The number of anilines is 1. The van der Waals surface area contributed by atoms with Crippen molar-refractivity contribution >= 4 is 32.5 Å². The van der Waals surface area contributed by atoms with E-state index in [-0.39, 0.29) is 0 Å². The van der Waals surface area contributed by atoms with Crippen molar-refractivity contribution in [1.29, 1.82) is 0 Å². The molecule has 0 spiro atoms.